The maximum atomic E-state index is 12.6. The van der Waals surface area contributed by atoms with Crippen molar-refractivity contribution in [3.63, 3.8) is 0 Å². The molecule has 1 fully saturated rings. The van der Waals surface area contributed by atoms with Gasteiger partial charge < -0.3 is 19.5 Å². The third kappa shape index (κ3) is 5.78. The van der Waals surface area contributed by atoms with E-state index in [0.29, 0.717) is 28.4 Å². The fraction of sp³-hybridized carbons (Fsp3) is 0.375. The molecule has 11 heteroatoms. The normalized spacial score (nSPS) is 15.1. The monoisotopic (exact) mass is 531 g/mol. The van der Waals surface area contributed by atoms with Crippen LogP contribution in [0.25, 0.3) is 21.2 Å². The first-order chi connectivity index (χ1) is 16.9. The summed E-state index contributed by atoms with van der Waals surface area (Å²) in [5.41, 5.74) is 1.55. The van der Waals surface area contributed by atoms with Gasteiger partial charge >= 0.3 is 6.09 Å². The lowest BCUT2D eigenvalue weighted by Gasteiger charge is -2.34. The molecule has 1 saturated heterocycles. The molecule has 5 heterocycles. The molecular formula is C24H26ClN5O3S2. The number of aromatic nitrogens is 3. The second-order valence-corrected chi connectivity index (χ2v) is 11.4. The van der Waals surface area contributed by atoms with Crippen LogP contribution >= 0.6 is 34.3 Å². The minimum atomic E-state index is -0.478. The van der Waals surface area contributed by atoms with E-state index < -0.39 is 6.09 Å². The van der Waals surface area contributed by atoms with Gasteiger partial charge in [0.2, 0.25) is 5.88 Å². The van der Waals surface area contributed by atoms with Gasteiger partial charge in [0.15, 0.2) is 5.76 Å². The van der Waals surface area contributed by atoms with Gasteiger partial charge in [0.25, 0.3) is 0 Å². The van der Waals surface area contributed by atoms with E-state index in [1.165, 1.54) is 11.3 Å². The van der Waals surface area contributed by atoms with Crippen LogP contribution in [0.2, 0.25) is 4.34 Å². The largest absolute Gasteiger partial charge is 0.414 e. The van der Waals surface area contributed by atoms with Crippen molar-refractivity contribution in [3.05, 3.63) is 51.8 Å². The zero-order chi connectivity index (χ0) is 24.4. The molecule has 0 unspecified atom stereocenters. The van der Waals surface area contributed by atoms with Crippen LogP contribution in [0.15, 0.2) is 46.3 Å². The van der Waals surface area contributed by atoms with Gasteiger partial charge in [-0.25, -0.2) is 4.79 Å². The van der Waals surface area contributed by atoms with Crippen molar-refractivity contribution >= 4 is 40.4 Å². The lowest BCUT2D eigenvalue weighted by Crippen LogP contribution is -2.47. The van der Waals surface area contributed by atoms with E-state index in [2.05, 4.69) is 34.3 Å². The molecule has 0 aromatic carbocycles. The highest BCUT2D eigenvalue weighted by Gasteiger charge is 2.23. The molecule has 35 heavy (non-hydrogen) atoms. The van der Waals surface area contributed by atoms with E-state index >= 15 is 0 Å². The number of hydrogen-bond donors (Lipinski definition) is 1. The third-order valence-corrected chi connectivity index (χ3v) is 8.14. The molecule has 4 aromatic heterocycles. The summed E-state index contributed by atoms with van der Waals surface area (Å²) in [6.45, 7) is 6.70. The van der Waals surface area contributed by atoms with Gasteiger partial charge in [-0.3, -0.25) is 4.68 Å². The van der Waals surface area contributed by atoms with Crippen LogP contribution < -0.4 is 10.1 Å². The molecular weight excluding hydrogens is 506 g/mol. The van der Waals surface area contributed by atoms with E-state index in [9.17, 15) is 4.79 Å². The average molecular weight is 532 g/mol. The Bertz CT molecular complexity index is 1270. The zero-order valence-electron chi connectivity index (χ0n) is 19.4. The molecule has 0 aliphatic carbocycles. The summed E-state index contributed by atoms with van der Waals surface area (Å²) < 4.78 is 13.6. The Morgan fingerprint density at radius 3 is 2.77 bits per heavy atom. The van der Waals surface area contributed by atoms with Crippen molar-refractivity contribution in [1.29, 1.82) is 0 Å². The zero-order valence-corrected chi connectivity index (χ0v) is 21.8. The van der Waals surface area contributed by atoms with Gasteiger partial charge in [0.1, 0.15) is 5.69 Å². The number of thiophene rings is 2. The van der Waals surface area contributed by atoms with Gasteiger partial charge in [-0.15, -0.1) is 27.8 Å². The number of halogens is 1. The number of hydrogen-bond acceptors (Lipinski definition) is 8. The molecule has 1 aliphatic heterocycles. The summed E-state index contributed by atoms with van der Waals surface area (Å²) in [5, 5.41) is 13.7. The molecule has 1 N–H and O–H groups in total. The van der Waals surface area contributed by atoms with Gasteiger partial charge in [0, 0.05) is 37.3 Å². The van der Waals surface area contributed by atoms with Gasteiger partial charge in [0.05, 0.1) is 26.3 Å². The lowest BCUT2D eigenvalue weighted by molar-refractivity contribution is 0.151. The second kappa shape index (κ2) is 10.5. The molecule has 0 saturated carbocycles. The molecule has 8 nitrogen and oxygen atoms in total. The topological polar surface area (TPSA) is 85.4 Å². The van der Waals surface area contributed by atoms with Crippen LogP contribution in [0.4, 0.5) is 4.79 Å². The Labute approximate surface area is 216 Å². The average Bonchev–Trinajstić information content (AvgIpc) is 3.62. The quantitative estimate of drug-likeness (QED) is 0.315. The molecule has 1 amide bonds. The SMILES string of the molecule is CC(C)N1CCC(NC(=O)Oc2cc(-c3cccs3)n(Cc3cc(-c4ccc(Cl)s4)on3)n2)CC1. The highest BCUT2D eigenvalue weighted by molar-refractivity contribution is 7.19. The summed E-state index contributed by atoms with van der Waals surface area (Å²) >= 11 is 9.07. The van der Waals surface area contributed by atoms with Crippen LogP contribution in [0.3, 0.4) is 0 Å². The molecule has 0 spiro atoms. The van der Waals surface area contributed by atoms with E-state index in [1.54, 1.807) is 22.1 Å². The van der Waals surface area contributed by atoms with Crippen LogP contribution in [-0.4, -0.2) is 51.1 Å². The van der Waals surface area contributed by atoms with Crippen molar-refractivity contribution in [2.24, 2.45) is 0 Å². The fourth-order valence-electron chi connectivity index (χ4n) is 4.14. The van der Waals surface area contributed by atoms with Crippen molar-refractivity contribution < 1.29 is 14.1 Å². The van der Waals surface area contributed by atoms with Crippen molar-refractivity contribution in [2.75, 3.05) is 13.1 Å². The van der Waals surface area contributed by atoms with E-state index in [4.69, 9.17) is 20.9 Å². The fourth-order valence-corrected chi connectivity index (χ4v) is 5.88. The van der Waals surface area contributed by atoms with Crippen molar-refractivity contribution in [3.8, 4) is 27.1 Å². The predicted molar refractivity (Wildman–Crippen MR) is 138 cm³/mol. The van der Waals surface area contributed by atoms with Crippen LogP contribution in [0.1, 0.15) is 32.4 Å². The number of carbonyl (C=O) groups is 1. The Kier molecular flexibility index (Phi) is 7.24. The van der Waals surface area contributed by atoms with Crippen LogP contribution in [0.5, 0.6) is 5.88 Å². The summed E-state index contributed by atoms with van der Waals surface area (Å²) in [5.74, 6) is 0.903. The third-order valence-electron chi connectivity index (χ3n) is 6.00. The lowest BCUT2D eigenvalue weighted by atomic mass is 10.0. The maximum Gasteiger partial charge on any atom is 0.414 e. The van der Waals surface area contributed by atoms with Gasteiger partial charge in [-0.05, 0) is 50.3 Å². The smallest absolute Gasteiger partial charge is 0.390 e. The number of amides is 1. The minimum Gasteiger partial charge on any atom is -0.390 e. The summed E-state index contributed by atoms with van der Waals surface area (Å²) in [4.78, 5) is 16.9. The first-order valence-corrected chi connectivity index (χ1v) is 13.6. The second-order valence-electron chi connectivity index (χ2n) is 8.73. The highest BCUT2D eigenvalue weighted by atomic mass is 35.5. The standard InChI is InChI=1S/C24H26ClN5O3S2/c1-15(2)29-9-7-16(8-10-29)26-24(31)32-23-13-18(20-4-3-11-34-20)30(27-23)14-17-12-19(33-28-17)21-5-6-22(25)35-21/h3-6,11-13,15-16H,7-10,14H2,1-2H3,(H,26,31). The van der Waals surface area contributed by atoms with Crippen molar-refractivity contribution in [2.45, 2.75) is 45.3 Å². The van der Waals surface area contributed by atoms with E-state index in [-0.39, 0.29) is 11.9 Å². The number of rotatable bonds is 7. The molecule has 0 bridgehead atoms. The molecule has 5 rings (SSSR count). The number of carbonyl (C=O) groups excluding carboxylic acids is 1. The number of likely N-dealkylation sites (tertiary alicyclic amines) is 1. The van der Waals surface area contributed by atoms with Gasteiger partial charge in [-0.2, -0.15) is 0 Å². The molecule has 1 aliphatic rings. The number of ether oxygens (including phenoxy) is 1. The Morgan fingerprint density at radius 1 is 1.26 bits per heavy atom. The van der Waals surface area contributed by atoms with Gasteiger partial charge in [-0.1, -0.05) is 22.8 Å². The van der Waals surface area contributed by atoms with Crippen LogP contribution in [-0.2, 0) is 6.54 Å². The number of nitrogens with one attached hydrogen (secondary N) is 1. The van der Waals surface area contributed by atoms with Crippen molar-refractivity contribution in [1.82, 2.24) is 25.2 Å². The Morgan fingerprint density at radius 2 is 2.09 bits per heavy atom. The van der Waals surface area contributed by atoms with Crippen LogP contribution in [0, 0.1) is 0 Å². The first-order valence-electron chi connectivity index (χ1n) is 11.5. The molecule has 184 valence electrons. The summed E-state index contributed by atoms with van der Waals surface area (Å²) in [6.07, 6.45) is 1.34. The predicted octanol–water partition coefficient (Wildman–Crippen LogP) is 5.99. The molecule has 4 aromatic rings. The highest BCUT2D eigenvalue weighted by Crippen LogP contribution is 2.32. The van der Waals surface area contributed by atoms with E-state index in [1.807, 2.05) is 35.7 Å². The Balaban J connectivity index is 1.28. The minimum absolute atomic E-state index is 0.107. The van der Waals surface area contributed by atoms with E-state index in [0.717, 1.165) is 41.4 Å². The molecule has 0 atom stereocenters. The maximum absolute atomic E-state index is 12.6. The number of piperidine rings is 1. The number of nitrogens with zero attached hydrogens (tertiary/aromatic N) is 4. The Hall–Kier alpha value is -2.66. The summed E-state index contributed by atoms with van der Waals surface area (Å²) in [7, 11) is 0. The first kappa shape index (κ1) is 24.1. The molecule has 0 radical (unpaired) electrons. The summed E-state index contributed by atoms with van der Waals surface area (Å²) in [6, 6.07) is 12.0.